The normalized spacial score (nSPS) is 10.9. The summed E-state index contributed by atoms with van der Waals surface area (Å²) in [4.78, 5) is 15.5. The predicted molar refractivity (Wildman–Crippen MR) is 69.7 cm³/mol. The smallest absolute Gasteiger partial charge is 0.198 e. The quantitative estimate of drug-likeness (QED) is 0.690. The summed E-state index contributed by atoms with van der Waals surface area (Å²) in [5.74, 6) is -0.0109. The Morgan fingerprint density at radius 2 is 2.22 bits per heavy atom. The summed E-state index contributed by atoms with van der Waals surface area (Å²) < 4.78 is 0. The first-order chi connectivity index (χ1) is 8.81. The lowest BCUT2D eigenvalue weighted by molar-refractivity contribution is 0.104. The number of carbonyl (C=O) groups excluding carboxylic acids is 1. The molecule has 0 unspecified atom stereocenters. The van der Waals surface area contributed by atoms with Gasteiger partial charge in [0.15, 0.2) is 5.78 Å². The fourth-order valence-corrected chi connectivity index (χ4v) is 2.23. The highest BCUT2D eigenvalue weighted by atomic mass is 16.1. The lowest BCUT2D eigenvalue weighted by Crippen LogP contribution is -1.98. The highest BCUT2D eigenvalue weighted by molar-refractivity contribution is 6.16. The molecule has 0 radical (unpaired) electrons. The molecule has 0 saturated carbocycles. The Kier molecular flexibility index (Phi) is 2.48. The van der Waals surface area contributed by atoms with Crippen molar-refractivity contribution in [3.05, 3.63) is 53.5 Å². The van der Waals surface area contributed by atoms with Crippen LogP contribution in [0.5, 0.6) is 0 Å². The van der Waals surface area contributed by atoms with E-state index in [9.17, 15) is 4.79 Å². The van der Waals surface area contributed by atoms with Crippen molar-refractivity contribution in [2.45, 2.75) is 13.3 Å². The molecule has 0 bridgehead atoms. The van der Waals surface area contributed by atoms with Crippen LogP contribution in [-0.4, -0.2) is 21.0 Å². The Bertz CT molecular complexity index is 695. The third-order valence-corrected chi connectivity index (χ3v) is 3.19. The number of ketones is 1. The molecule has 0 aliphatic rings. The van der Waals surface area contributed by atoms with E-state index in [2.05, 4.69) is 28.2 Å². The van der Waals surface area contributed by atoms with E-state index in [1.54, 1.807) is 18.6 Å². The maximum absolute atomic E-state index is 12.3. The molecule has 3 rings (SSSR count). The largest absolute Gasteiger partial charge is 0.360 e. The minimum absolute atomic E-state index is 0.0109. The first kappa shape index (κ1) is 10.8. The molecule has 1 aromatic carbocycles. The van der Waals surface area contributed by atoms with Crippen molar-refractivity contribution in [3.8, 4) is 0 Å². The van der Waals surface area contributed by atoms with Crippen LogP contribution in [-0.2, 0) is 6.42 Å². The zero-order chi connectivity index (χ0) is 12.5. The Hall–Kier alpha value is -2.36. The van der Waals surface area contributed by atoms with E-state index in [1.165, 1.54) is 5.56 Å². The molecule has 0 atom stereocenters. The highest BCUT2D eigenvalue weighted by Gasteiger charge is 2.15. The average Bonchev–Trinajstić information content (AvgIpc) is 3.06. The number of aryl methyl sites for hydroxylation is 1. The molecule has 0 aliphatic carbocycles. The number of hydrogen-bond acceptors (Lipinski definition) is 2. The van der Waals surface area contributed by atoms with Gasteiger partial charge >= 0.3 is 0 Å². The summed E-state index contributed by atoms with van der Waals surface area (Å²) in [7, 11) is 0. The van der Waals surface area contributed by atoms with Gasteiger partial charge in [0.25, 0.3) is 0 Å². The summed E-state index contributed by atoms with van der Waals surface area (Å²) in [6.45, 7) is 2.10. The van der Waals surface area contributed by atoms with Crippen molar-refractivity contribution < 1.29 is 4.79 Å². The average molecular weight is 239 g/mol. The number of H-pyrrole nitrogens is 2. The van der Waals surface area contributed by atoms with Gasteiger partial charge in [0.1, 0.15) is 0 Å². The van der Waals surface area contributed by atoms with E-state index in [0.717, 1.165) is 17.3 Å². The number of benzene rings is 1. The molecular weight excluding hydrogens is 226 g/mol. The van der Waals surface area contributed by atoms with Crippen molar-refractivity contribution in [2.75, 3.05) is 0 Å². The van der Waals surface area contributed by atoms with Crippen molar-refractivity contribution in [1.29, 1.82) is 0 Å². The van der Waals surface area contributed by atoms with Crippen molar-refractivity contribution in [2.24, 2.45) is 0 Å². The van der Waals surface area contributed by atoms with Crippen LogP contribution in [0, 0.1) is 0 Å². The second kappa shape index (κ2) is 4.14. The standard InChI is InChI=1S/C14H13N3O/c1-2-9-4-3-5-11-12(8-15-13(9)11)14(18)10-6-16-17-7-10/h3-8,15H,2H2,1H3,(H,16,17). The van der Waals surface area contributed by atoms with Gasteiger partial charge in [0.05, 0.1) is 11.8 Å². The summed E-state index contributed by atoms with van der Waals surface area (Å²) in [6, 6.07) is 6.03. The second-order valence-corrected chi connectivity index (χ2v) is 4.21. The predicted octanol–water partition coefficient (Wildman–Crippen LogP) is 2.68. The Morgan fingerprint density at radius 3 is 2.94 bits per heavy atom. The highest BCUT2D eigenvalue weighted by Crippen LogP contribution is 2.24. The maximum atomic E-state index is 12.3. The van der Waals surface area contributed by atoms with Crippen LogP contribution in [0.3, 0.4) is 0 Å². The number of rotatable bonds is 3. The van der Waals surface area contributed by atoms with Gasteiger partial charge in [0.2, 0.25) is 0 Å². The molecule has 0 spiro atoms. The topological polar surface area (TPSA) is 61.5 Å². The number of nitrogens with one attached hydrogen (secondary N) is 2. The van der Waals surface area contributed by atoms with Gasteiger partial charge in [-0.3, -0.25) is 9.89 Å². The number of hydrogen-bond donors (Lipinski definition) is 2. The molecule has 2 heterocycles. The third-order valence-electron chi connectivity index (χ3n) is 3.19. The molecule has 2 aromatic heterocycles. The van der Waals surface area contributed by atoms with E-state index in [0.29, 0.717) is 11.1 Å². The second-order valence-electron chi connectivity index (χ2n) is 4.21. The number of para-hydroxylation sites is 1. The third kappa shape index (κ3) is 1.54. The van der Waals surface area contributed by atoms with Gasteiger partial charge in [0, 0.05) is 28.9 Å². The van der Waals surface area contributed by atoms with E-state index < -0.39 is 0 Å². The molecule has 90 valence electrons. The molecule has 3 aromatic rings. The number of aromatic amines is 2. The fraction of sp³-hybridized carbons (Fsp3) is 0.143. The number of aromatic nitrogens is 3. The zero-order valence-corrected chi connectivity index (χ0v) is 10.0. The summed E-state index contributed by atoms with van der Waals surface area (Å²) in [5, 5.41) is 7.45. The molecule has 4 heteroatoms. The van der Waals surface area contributed by atoms with Crippen LogP contribution in [0.2, 0.25) is 0 Å². The summed E-state index contributed by atoms with van der Waals surface area (Å²) >= 11 is 0. The Labute approximate surface area is 104 Å². The van der Waals surface area contributed by atoms with E-state index in [-0.39, 0.29) is 5.78 Å². The van der Waals surface area contributed by atoms with Crippen molar-refractivity contribution >= 4 is 16.7 Å². The number of carbonyl (C=O) groups is 1. The molecule has 0 aliphatic heterocycles. The van der Waals surface area contributed by atoms with Gasteiger partial charge in [-0.25, -0.2) is 0 Å². The van der Waals surface area contributed by atoms with Crippen LogP contribution in [0.25, 0.3) is 10.9 Å². The van der Waals surface area contributed by atoms with E-state index in [1.807, 2.05) is 12.1 Å². The minimum atomic E-state index is -0.0109. The Balaban J connectivity index is 2.17. The van der Waals surface area contributed by atoms with Crippen LogP contribution in [0.15, 0.2) is 36.8 Å². The van der Waals surface area contributed by atoms with Gasteiger partial charge in [-0.1, -0.05) is 25.1 Å². The molecule has 0 fully saturated rings. The molecule has 4 nitrogen and oxygen atoms in total. The van der Waals surface area contributed by atoms with Crippen LogP contribution >= 0.6 is 0 Å². The van der Waals surface area contributed by atoms with Crippen molar-refractivity contribution in [3.63, 3.8) is 0 Å². The molecule has 18 heavy (non-hydrogen) atoms. The minimum Gasteiger partial charge on any atom is -0.360 e. The van der Waals surface area contributed by atoms with Crippen LogP contribution in [0.1, 0.15) is 28.4 Å². The molecule has 2 N–H and O–H groups in total. The number of fused-ring (bicyclic) bond motifs is 1. The fourth-order valence-electron chi connectivity index (χ4n) is 2.23. The van der Waals surface area contributed by atoms with Gasteiger partial charge in [-0.15, -0.1) is 0 Å². The Morgan fingerprint density at radius 1 is 1.33 bits per heavy atom. The lowest BCUT2D eigenvalue weighted by Gasteiger charge is -2.00. The first-order valence-electron chi connectivity index (χ1n) is 5.93. The van der Waals surface area contributed by atoms with Crippen LogP contribution in [0.4, 0.5) is 0 Å². The van der Waals surface area contributed by atoms with Gasteiger partial charge < -0.3 is 4.98 Å². The SMILES string of the molecule is CCc1cccc2c(C(=O)c3cn[nH]c3)c[nH]c12. The van der Waals surface area contributed by atoms with Crippen molar-refractivity contribution in [1.82, 2.24) is 15.2 Å². The van der Waals surface area contributed by atoms with Gasteiger partial charge in [-0.05, 0) is 12.0 Å². The molecule has 0 saturated heterocycles. The maximum Gasteiger partial charge on any atom is 0.198 e. The molecule has 0 amide bonds. The van der Waals surface area contributed by atoms with Crippen LogP contribution < -0.4 is 0 Å². The monoisotopic (exact) mass is 239 g/mol. The zero-order valence-electron chi connectivity index (χ0n) is 10.0. The summed E-state index contributed by atoms with van der Waals surface area (Å²) in [6.07, 6.45) is 5.88. The number of nitrogens with zero attached hydrogens (tertiary/aromatic N) is 1. The van der Waals surface area contributed by atoms with Gasteiger partial charge in [-0.2, -0.15) is 5.10 Å². The lowest BCUT2D eigenvalue weighted by atomic mass is 10.0. The first-order valence-corrected chi connectivity index (χ1v) is 5.93. The summed E-state index contributed by atoms with van der Waals surface area (Å²) in [5.41, 5.74) is 3.55. The molecular formula is C14H13N3O. The van der Waals surface area contributed by atoms with E-state index in [4.69, 9.17) is 0 Å². The van der Waals surface area contributed by atoms with E-state index >= 15 is 0 Å².